The molecule has 0 bridgehead atoms. The van der Waals surface area contributed by atoms with Crippen molar-refractivity contribution in [2.45, 2.75) is 40.3 Å². The molecule has 0 aliphatic carbocycles. The lowest BCUT2D eigenvalue weighted by molar-refractivity contribution is -0.144. The van der Waals surface area contributed by atoms with Gasteiger partial charge in [0.15, 0.2) is 0 Å². The highest BCUT2D eigenvalue weighted by molar-refractivity contribution is 5.75. The molecular weight excluding hydrogens is 226 g/mol. The van der Waals surface area contributed by atoms with E-state index in [1.807, 2.05) is 13.8 Å². The van der Waals surface area contributed by atoms with Crippen LogP contribution in [0.4, 0.5) is 0 Å². The van der Waals surface area contributed by atoms with E-state index in [4.69, 9.17) is 4.74 Å². The Labute approximate surface area is 110 Å². The van der Waals surface area contributed by atoms with Crippen molar-refractivity contribution in [1.82, 2.24) is 5.32 Å². The largest absolute Gasteiger partial charge is 0.468 e. The predicted molar refractivity (Wildman–Crippen MR) is 73.4 cm³/mol. The minimum Gasteiger partial charge on any atom is -0.468 e. The van der Waals surface area contributed by atoms with Gasteiger partial charge < -0.3 is 10.1 Å². The third-order valence-electron chi connectivity index (χ3n) is 3.22. The molecule has 1 aromatic carbocycles. The van der Waals surface area contributed by atoms with Crippen LogP contribution in [0.15, 0.2) is 18.2 Å². The van der Waals surface area contributed by atoms with Crippen LogP contribution in [0.25, 0.3) is 0 Å². The van der Waals surface area contributed by atoms with Gasteiger partial charge in [0.2, 0.25) is 0 Å². The van der Waals surface area contributed by atoms with Gasteiger partial charge >= 0.3 is 5.97 Å². The normalized spacial score (nSPS) is 12.6. The molecule has 1 N–H and O–H groups in total. The fourth-order valence-electron chi connectivity index (χ4n) is 1.86. The summed E-state index contributed by atoms with van der Waals surface area (Å²) >= 11 is 0. The van der Waals surface area contributed by atoms with Gasteiger partial charge in [0.05, 0.1) is 7.11 Å². The van der Waals surface area contributed by atoms with Crippen LogP contribution in [-0.4, -0.2) is 19.1 Å². The predicted octanol–water partition coefficient (Wildman–Crippen LogP) is 2.59. The SMILES string of the molecule is COC(=O)[C@H](NCc1ccc(C)c(C)c1)C(C)C. The number of carbonyl (C=O) groups is 1. The lowest BCUT2D eigenvalue weighted by atomic mass is 10.0. The van der Waals surface area contributed by atoms with Gasteiger partial charge in [-0.2, -0.15) is 0 Å². The monoisotopic (exact) mass is 249 g/mol. The second-order valence-corrected chi connectivity index (χ2v) is 5.04. The van der Waals surface area contributed by atoms with Gasteiger partial charge in [0.25, 0.3) is 0 Å². The van der Waals surface area contributed by atoms with Crippen molar-refractivity contribution in [3.8, 4) is 0 Å². The maximum Gasteiger partial charge on any atom is 0.323 e. The highest BCUT2D eigenvalue weighted by Crippen LogP contribution is 2.11. The van der Waals surface area contributed by atoms with Gasteiger partial charge in [-0.15, -0.1) is 0 Å². The molecule has 0 saturated heterocycles. The van der Waals surface area contributed by atoms with E-state index >= 15 is 0 Å². The molecule has 1 atom stereocenters. The average Bonchev–Trinajstić information content (AvgIpc) is 2.33. The fourth-order valence-corrected chi connectivity index (χ4v) is 1.86. The van der Waals surface area contributed by atoms with Crippen molar-refractivity contribution in [3.63, 3.8) is 0 Å². The van der Waals surface area contributed by atoms with Crippen molar-refractivity contribution in [3.05, 3.63) is 34.9 Å². The number of ether oxygens (including phenoxy) is 1. The number of hydrogen-bond acceptors (Lipinski definition) is 3. The van der Waals surface area contributed by atoms with Crippen LogP contribution in [0.1, 0.15) is 30.5 Å². The number of esters is 1. The molecule has 0 aliphatic heterocycles. The van der Waals surface area contributed by atoms with Crippen LogP contribution in [0.5, 0.6) is 0 Å². The lowest BCUT2D eigenvalue weighted by Gasteiger charge is -2.20. The minimum atomic E-state index is -0.253. The zero-order valence-electron chi connectivity index (χ0n) is 11.9. The van der Waals surface area contributed by atoms with E-state index in [0.717, 1.165) is 0 Å². The summed E-state index contributed by atoms with van der Waals surface area (Å²) in [7, 11) is 1.43. The number of nitrogens with one attached hydrogen (secondary N) is 1. The topological polar surface area (TPSA) is 38.3 Å². The van der Waals surface area contributed by atoms with Gasteiger partial charge in [-0.3, -0.25) is 4.79 Å². The zero-order valence-corrected chi connectivity index (χ0v) is 11.9. The molecule has 0 aliphatic rings. The molecule has 1 aromatic rings. The zero-order chi connectivity index (χ0) is 13.7. The van der Waals surface area contributed by atoms with Gasteiger partial charge in [0, 0.05) is 6.54 Å². The summed E-state index contributed by atoms with van der Waals surface area (Å²) < 4.78 is 4.80. The van der Waals surface area contributed by atoms with Gasteiger partial charge in [-0.25, -0.2) is 0 Å². The first kappa shape index (κ1) is 14.7. The van der Waals surface area contributed by atoms with E-state index in [0.29, 0.717) is 6.54 Å². The number of methoxy groups -OCH3 is 1. The third kappa shape index (κ3) is 3.84. The molecular formula is C15H23NO2. The molecule has 1 rings (SSSR count). The van der Waals surface area contributed by atoms with E-state index in [2.05, 4.69) is 37.4 Å². The fraction of sp³-hybridized carbons (Fsp3) is 0.533. The molecule has 100 valence electrons. The Morgan fingerprint density at radius 1 is 1.28 bits per heavy atom. The first-order valence-corrected chi connectivity index (χ1v) is 6.33. The van der Waals surface area contributed by atoms with Crippen LogP contribution in [0.3, 0.4) is 0 Å². The molecule has 0 spiro atoms. The standard InChI is InChI=1S/C15H23NO2/c1-10(2)14(15(17)18-5)16-9-13-7-6-11(3)12(4)8-13/h6-8,10,14,16H,9H2,1-5H3/t14-/m1/s1. The number of hydrogen-bond donors (Lipinski definition) is 1. The Balaban J connectivity index is 2.67. The smallest absolute Gasteiger partial charge is 0.323 e. The van der Waals surface area contributed by atoms with Crippen LogP contribution in [-0.2, 0) is 16.1 Å². The number of carbonyl (C=O) groups excluding carboxylic acids is 1. The quantitative estimate of drug-likeness (QED) is 0.815. The first-order valence-electron chi connectivity index (χ1n) is 6.33. The Morgan fingerprint density at radius 2 is 1.94 bits per heavy atom. The summed E-state index contributed by atoms with van der Waals surface area (Å²) in [5.41, 5.74) is 3.74. The summed E-state index contributed by atoms with van der Waals surface area (Å²) in [6, 6.07) is 6.09. The van der Waals surface area contributed by atoms with E-state index < -0.39 is 0 Å². The number of benzene rings is 1. The molecule has 0 amide bonds. The molecule has 3 heteroatoms. The van der Waals surface area contributed by atoms with Crippen LogP contribution >= 0.6 is 0 Å². The summed E-state index contributed by atoms with van der Waals surface area (Å²) in [4.78, 5) is 11.6. The van der Waals surface area contributed by atoms with Gasteiger partial charge in [0.1, 0.15) is 6.04 Å². The van der Waals surface area contributed by atoms with Gasteiger partial charge in [-0.05, 0) is 36.5 Å². The van der Waals surface area contributed by atoms with Crippen LogP contribution in [0, 0.1) is 19.8 Å². The van der Waals surface area contributed by atoms with Crippen molar-refractivity contribution < 1.29 is 9.53 Å². The Morgan fingerprint density at radius 3 is 2.44 bits per heavy atom. The van der Waals surface area contributed by atoms with Gasteiger partial charge in [-0.1, -0.05) is 32.0 Å². The second kappa shape index (κ2) is 6.55. The lowest BCUT2D eigenvalue weighted by Crippen LogP contribution is -2.41. The molecule has 3 nitrogen and oxygen atoms in total. The molecule has 0 saturated carbocycles. The number of aryl methyl sites for hydroxylation is 2. The Kier molecular flexibility index (Phi) is 5.35. The summed E-state index contributed by atoms with van der Waals surface area (Å²) in [6.07, 6.45) is 0. The molecule has 0 fully saturated rings. The maximum atomic E-state index is 11.6. The maximum absolute atomic E-state index is 11.6. The van der Waals surface area contributed by atoms with E-state index in [9.17, 15) is 4.79 Å². The molecule has 18 heavy (non-hydrogen) atoms. The van der Waals surface area contributed by atoms with E-state index in [1.165, 1.54) is 23.8 Å². The summed E-state index contributed by atoms with van der Waals surface area (Å²) in [5.74, 6) is 0.0119. The Hall–Kier alpha value is -1.35. The highest BCUT2D eigenvalue weighted by atomic mass is 16.5. The third-order valence-corrected chi connectivity index (χ3v) is 3.22. The van der Waals surface area contributed by atoms with Crippen molar-refractivity contribution in [2.75, 3.05) is 7.11 Å². The molecule has 0 aromatic heterocycles. The summed E-state index contributed by atoms with van der Waals surface area (Å²) in [5, 5.41) is 3.26. The highest BCUT2D eigenvalue weighted by Gasteiger charge is 2.21. The summed E-state index contributed by atoms with van der Waals surface area (Å²) in [6.45, 7) is 8.89. The molecule has 0 unspecified atom stereocenters. The second-order valence-electron chi connectivity index (χ2n) is 5.04. The van der Waals surface area contributed by atoms with E-state index in [1.54, 1.807) is 0 Å². The van der Waals surface area contributed by atoms with Crippen molar-refractivity contribution in [2.24, 2.45) is 5.92 Å². The first-order chi connectivity index (χ1) is 8.45. The number of rotatable bonds is 5. The van der Waals surface area contributed by atoms with Crippen molar-refractivity contribution in [1.29, 1.82) is 0 Å². The average molecular weight is 249 g/mol. The Bertz CT molecular complexity index is 413. The van der Waals surface area contributed by atoms with E-state index in [-0.39, 0.29) is 17.9 Å². The van der Waals surface area contributed by atoms with Crippen LogP contribution in [0.2, 0.25) is 0 Å². The molecule has 0 radical (unpaired) electrons. The minimum absolute atomic E-state index is 0.200. The van der Waals surface area contributed by atoms with Crippen molar-refractivity contribution >= 4 is 5.97 Å². The molecule has 0 heterocycles. The van der Waals surface area contributed by atoms with Crippen LogP contribution < -0.4 is 5.32 Å².